The van der Waals surface area contributed by atoms with Crippen LogP contribution in [-0.2, 0) is 17.8 Å². The first-order chi connectivity index (χ1) is 16.4. The number of aromatic nitrogens is 4. The van der Waals surface area contributed by atoms with Crippen LogP contribution in [0.3, 0.4) is 0 Å². The molecule has 2 aliphatic heterocycles. The van der Waals surface area contributed by atoms with Crippen molar-refractivity contribution in [2.45, 2.75) is 25.0 Å². The Bertz CT molecular complexity index is 1340. The van der Waals surface area contributed by atoms with E-state index >= 15 is 0 Å². The van der Waals surface area contributed by atoms with Crippen LogP contribution in [0.15, 0.2) is 42.9 Å². The van der Waals surface area contributed by atoms with Gasteiger partial charge >= 0.3 is 0 Å². The molecule has 0 aliphatic carbocycles. The number of amides is 2. The third-order valence-electron chi connectivity index (χ3n) is 6.19. The Hall–Kier alpha value is -4.23. The number of carbonyl (C=O) groups is 2. The zero-order valence-corrected chi connectivity index (χ0v) is 18.6. The minimum absolute atomic E-state index is 0.221. The lowest BCUT2D eigenvalue weighted by Gasteiger charge is -2.28. The lowest BCUT2D eigenvalue weighted by molar-refractivity contribution is -0.137. The molecule has 0 radical (unpaired) electrons. The zero-order valence-electron chi connectivity index (χ0n) is 18.6. The molecule has 1 fully saturated rings. The molecule has 1 aromatic carbocycles. The van der Waals surface area contributed by atoms with Crippen molar-refractivity contribution in [3.8, 4) is 17.5 Å². The largest absolute Gasteiger partial charge is 0.369 e. The fourth-order valence-corrected chi connectivity index (χ4v) is 4.36. The first kappa shape index (κ1) is 21.6. The van der Waals surface area contributed by atoms with Crippen molar-refractivity contribution in [1.29, 1.82) is 0 Å². The van der Waals surface area contributed by atoms with E-state index in [2.05, 4.69) is 31.8 Å². The molecule has 2 aliphatic rings. The fourth-order valence-electron chi connectivity index (χ4n) is 4.36. The summed E-state index contributed by atoms with van der Waals surface area (Å²) in [5, 5.41) is 15.1. The zero-order chi connectivity index (χ0) is 23.9. The number of rotatable bonds is 3. The summed E-state index contributed by atoms with van der Waals surface area (Å²) >= 11 is 0. The van der Waals surface area contributed by atoms with Crippen molar-refractivity contribution >= 4 is 17.6 Å². The Morgan fingerprint density at radius 2 is 2.12 bits per heavy atom. The summed E-state index contributed by atoms with van der Waals surface area (Å²) in [5.74, 6) is 5.44. The van der Waals surface area contributed by atoms with E-state index in [1.54, 1.807) is 24.0 Å². The van der Waals surface area contributed by atoms with E-state index in [-0.39, 0.29) is 12.1 Å². The molecule has 0 spiro atoms. The van der Waals surface area contributed by atoms with E-state index in [0.29, 0.717) is 37.3 Å². The van der Waals surface area contributed by atoms with Gasteiger partial charge in [0.15, 0.2) is 5.69 Å². The fraction of sp³-hybridized carbons (Fsp3) is 0.292. The van der Waals surface area contributed by atoms with E-state index in [1.165, 1.54) is 11.2 Å². The molecule has 2 aromatic heterocycles. The summed E-state index contributed by atoms with van der Waals surface area (Å²) in [4.78, 5) is 36.2. The summed E-state index contributed by atoms with van der Waals surface area (Å²) in [6, 6.07) is 9.12. The third-order valence-corrected chi connectivity index (χ3v) is 6.19. The second-order valence-electron chi connectivity index (χ2n) is 8.43. The summed E-state index contributed by atoms with van der Waals surface area (Å²) in [5.41, 5.74) is 7.21. The monoisotopic (exact) mass is 457 g/mol. The van der Waals surface area contributed by atoms with Gasteiger partial charge in [-0.2, -0.15) is 5.10 Å². The molecule has 10 nitrogen and oxygen atoms in total. The van der Waals surface area contributed by atoms with Gasteiger partial charge in [-0.05, 0) is 24.3 Å². The van der Waals surface area contributed by atoms with Crippen LogP contribution >= 0.6 is 0 Å². The number of nitrogens with zero attached hydrogens (tertiary/aromatic N) is 6. The molecule has 0 unspecified atom stereocenters. The summed E-state index contributed by atoms with van der Waals surface area (Å²) in [6.45, 7) is 1.61. The molecule has 4 heterocycles. The molecule has 10 heteroatoms. The average Bonchev–Trinajstić information content (AvgIpc) is 3.37. The maximum atomic E-state index is 12.2. The first-order valence-corrected chi connectivity index (χ1v) is 10.9. The number of likely N-dealkylation sites (N-methyl/N-ethyl adjacent to an activating group) is 1. The molecule has 1 saturated heterocycles. The Morgan fingerprint density at radius 1 is 1.26 bits per heavy atom. The van der Waals surface area contributed by atoms with Gasteiger partial charge in [-0.15, -0.1) is 0 Å². The number of benzene rings is 1. The topological polar surface area (TPSA) is 130 Å². The third kappa shape index (κ3) is 3.76. The molecule has 3 aromatic rings. The van der Waals surface area contributed by atoms with Crippen molar-refractivity contribution in [2.75, 3.05) is 25.0 Å². The molecule has 5 rings (SSSR count). The smallest absolute Gasteiger partial charge is 0.269 e. The van der Waals surface area contributed by atoms with Crippen molar-refractivity contribution in [3.63, 3.8) is 0 Å². The van der Waals surface area contributed by atoms with Gasteiger partial charge in [0.25, 0.3) is 11.8 Å². The number of primary amides is 1. The molecule has 3 N–H and O–H groups in total. The maximum absolute atomic E-state index is 12.2. The van der Waals surface area contributed by atoms with Gasteiger partial charge < -0.3 is 20.6 Å². The highest BCUT2D eigenvalue weighted by molar-refractivity contribution is 5.93. The second kappa shape index (κ2) is 8.28. The number of fused-ring (bicyclic) bond motifs is 1. The van der Waals surface area contributed by atoms with Crippen molar-refractivity contribution < 1.29 is 14.7 Å². The Labute approximate surface area is 196 Å². The van der Waals surface area contributed by atoms with Gasteiger partial charge in [-0.3, -0.25) is 9.59 Å². The van der Waals surface area contributed by atoms with Gasteiger partial charge in [-0.25, -0.2) is 14.6 Å². The average molecular weight is 457 g/mol. The quantitative estimate of drug-likeness (QED) is 0.540. The summed E-state index contributed by atoms with van der Waals surface area (Å²) in [6.07, 6.45) is 4.07. The predicted octanol–water partition coefficient (Wildman–Crippen LogP) is 0.269. The van der Waals surface area contributed by atoms with Crippen LogP contribution < -0.4 is 10.6 Å². The SMILES string of the molecule is CN1CC[C@@](O)(C#Cc2cccc(-n3nc(C(N)=O)c4c3CCN(c3ccncn3)C4)c2)C1=O. The lowest BCUT2D eigenvalue weighted by Crippen LogP contribution is -2.37. The number of aliphatic hydroxyl groups is 1. The first-order valence-electron chi connectivity index (χ1n) is 10.9. The Morgan fingerprint density at radius 3 is 2.82 bits per heavy atom. The van der Waals surface area contributed by atoms with E-state index in [9.17, 15) is 14.7 Å². The van der Waals surface area contributed by atoms with Gasteiger partial charge in [-0.1, -0.05) is 17.9 Å². The highest BCUT2D eigenvalue weighted by atomic mass is 16.3. The Kier molecular flexibility index (Phi) is 5.26. The van der Waals surface area contributed by atoms with E-state index in [1.807, 2.05) is 24.3 Å². The van der Waals surface area contributed by atoms with Crippen LogP contribution in [0, 0.1) is 11.8 Å². The maximum Gasteiger partial charge on any atom is 0.269 e. The van der Waals surface area contributed by atoms with Gasteiger partial charge in [0.1, 0.15) is 12.1 Å². The van der Waals surface area contributed by atoms with Crippen LogP contribution in [0.1, 0.15) is 33.7 Å². The molecule has 1 atom stereocenters. The lowest BCUT2D eigenvalue weighted by atomic mass is 10.0. The number of carbonyl (C=O) groups excluding carboxylic acids is 2. The molecule has 0 saturated carbocycles. The summed E-state index contributed by atoms with van der Waals surface area (Å²) in [7, 11) is 1.64. The predicted molar refractivity (Wildman–Crippen MR) is 123 cm³/mol. The highest BCUT2D eigenvalue weighted by Gasteiger charge is 2.42. The normalized spacial score (nSPS) is 19.5. The van der Waals surface area contributed by atoms with Gasteiger partial charge in [0.2, 0.25) is 5.60 Å². The van der Waals surface area contributed by atoms with Crippen molar-refractivity contribution in [3.05, 3.63) is 65.4 Å². The van der Waals surface area contributed by atoms with Crippen molar-refractivity contribution in [1.82, 2.24) is 24.6 Å². The van der Waals surface area contributed by atoms with Crippen LogP contribution in [0.25, 0.3) is 5.69 Å². The van der Waals surface area contributed by atoms with Crippen LogP contribution in [-0.4, -0.2) is 67.3 Å². The number of hydrogen-bond donors (Lipinski definition) is 2. The molecular formula is C24H23N7O3. The van der Waals surface area contributed by atoms with Gasteiger partial charge in [0.05, 0.1) is 11.4 Å². The summed E-state index contributed by atoms with van der Waals surface area (Å²) < 4.78 is 1.72. The van der Waals surface area contributed by atoms with E-state index < -0.39 is 17.4 Å². The van der Waals surface area contributed by atoms with Crippen LogP contribution in [0.5, 0.6) is 0 Å². The minimum Gasteiger partial charge on any atom is -0.369 e. The number of anilines is 1. The number of hydrogen-bond acceptors (Lipinski definition) is 7. The molecule has 34 heavy (non-hydrogen) atoms. The highest BCUT2D eigenvalue weighted by Crippen LogP contribution is 2.28. The second-order valence-corrected chi connectivity index (χ2v) is 8.43. The van der Waals surface area contributed by atoms with Gasteiger partial charge in [0, 0.05) is 56.8 Å². The molecule has 172 valence electrons. The number of nitrogens with two attached hydrogens (primary N) is 1. The van der Waals surface area contributed by atoms with Crippen LogP contribution in [0.4, 0.5) is 5.82 Å². The van der Waals surface area contributed by atoms with E-state index in [4.69, 9.17) is 5.73 Å². The molecule has 2 amide bonds. The van der Waals surface area contributed by atoms with E-state index in [0.717, 1.165) is 17.1 Å². The van der Waals surface area contributed by atoms with Crippen molar-refractivity contribution in [2.24, 2.45) is 5.73 Å². The Balaban J connectivity index is 1.49. The minimum atomic E-state index is -1.67. The standard InChI is InChI=1S/C24H23N7O3/c1-29-12-9-24(34,23(29)33)8-5-16-3-2-4-17(13-16)31-19-7-11-30(20-6-10-26-15-27-20)14-18(19)21(28-31)22(25)32/h2-4,6,10,13,15,34H,7,9,11-12,14H2,1H3,(H2,25,32)/t24-/m0/s1. The van der Waals surface area contributed by atoms with Crippen LogP contribution in [0.2, 0.25) is 0 Å². The molecule has 0 bridgehead atoms. The molecular weight excluding hydrogens is 434 g/mol. The number of likely N-dealkylation sites (tertiary alicyclic amines) is 1.